The Morgan fingerprint density at radius 3 is 2.62 bits per heavy atom. The molecular weight excluding hydrogens is 350 g/mol. The zero-order chi connectivity index (χ0) is 17.9. The maximum absolute atomic E-state index is 6.39. The summed E-state index contributed by atoms with van der Waals surface area (Å²) in [4.78, 5) is 4.03. The molecule has 6 nitrogen and oxygen atoms in total. The van der Waals surface area contributed by atoms with Gasteiger partial charge in [-0.3, -0.25) is 0 Å². The van der Waals surface area contributed by atoms with E-state index in [1.54, 1.807) is 0 Å². The average molecular weight is 366 g/mol. The third kappa shape index (κ3) is 3.27. The molecule has 3 aromatic carbocycles. The van der Waals surface area contributed by atoms with Crippen molar-refractivity contribution in [1.82, 2.24) is 15.2 Å². The lowest BCUT2D eigenvalue weighted by Crippen LogP contribution is -2.04. The number of fused-ring (bicyclic) bond motifs is 1. The minimum atomic E-state index is 0.180. The highest BCUT2D eigenvalue weighted by Gasteiger charge is 2.12. The lowest BCUT2D eigenvalue weighted by atomic mass is 10.1. The number of aromatic amines is 1. The lowest BCUT2D eigenvalue weighted by Gasteiger charge is -2.14. The van der Waals surface area contributed by atoms with Crippen LogP contribution in [0, 0.1) is 0 Å². The van der Waals surface area contributed by atoms with Crippen molar-refractivity contribution in [2.45, 2.75) is 6.54 Å². The number of nitrogens with two attached hydrogens (primary N) is 1. The topological polar surface area (TPSA) is 88.8 Å². The Morgan fingerprint density at radius 2 is 1.77 bits per heavy atom. The summed E-state index contributed by atoms with van der Waals surface area (Å²) in [5.41, 5.74) is 6.33. The number of benzene rings is 3. The molecular formula is C19H16ClN5O. The van der Waals surface area contributed by atoms with E-state index < -0.39 is 0 Å². The first-order valence-electron chi connectivity index (χ1n) is 8.05. The zero-order valence-electron chi connectivity index (χ0n) is 13.7. The van der Waals surface area contributed by atoms with Crippen LogP contribution in [0.4, 0.5) is 11.9 Å². The largest absolute Gasteiger partial charge is 0.456 e. The fraction of sp³-hybridized carbons (Fsp3) is 0.0526. The van der Waals surface area contributed by atoms with Crippen LogP contribution in [0.15, 0.2) is 60.7 Å². The normalized spacial score (nSPS) is 10.8. The molecule has 130 valence electrons. The standard InChI is InChI=1S/C19H16ClN5O/c20-15-8-4-10-17(14(15)11-22-19-23-18(21)24-25-19)26-16-9-3-6-12-5-1-2-7-13(12)16/h1-10H,11H2,(H4,21,22,23,24,25). The van der Waals surface area contributed by atoms with Gasteiger partial charge in [-0.25, -0.2) is 5.10 Å². The summed E-state index contributed by atoms with van der Waals surface area (Å²) < 4.78 is 6.20. The highest BCUT2D eigenvalue weighted by molar-refractivity contribution is 6.31. The first kappa shape index (κ1) is 16.2. The van der Waals surface area contributed by atoms with E-state index in [2.05, 4.69) is 32.6 Å². The van der Waals surface area contributed by atoms with Gasteiger partial charge in [0.2, 0.25) is 11.9 Å². The van der Waals surface area contributed by atoms with Crippen LogP contribution in [0.25, 0.3) is 10.8 Å². The molecule has 4 N–H and O–H groups in total. The molecule has 1 aromatic heterocycles. The number of nitrogen functional groups attached to an aromatic ring is 1. The number of halogens is 1. The van der Waals surface area contributed by atoms with Crippen molar-refractivity contribution in [3.8, 4) is 11.5 Å². The molecule has 0 bridgehead atoms. The van der Waals surface area contributed by atoms with Gasteiger partial charge in [0.1, 0.15) is 11.5 Å². The van der Waals surface area contributed by atoms with Crippen molar-refractivity contribution in [1.29, 1.82) is 0 Å². The van der Waals surface area contributed by atoms with E-state index in [9.17, 15) is 0 Å². The highest BCUT2D eigenvalue weighted by atomic mass is 35.5. The van der Waals surface area contributed by atoms with E-state index in [-0.39, 0.29) is 5.95 Å². The highest BCUT2D eigenvalue weighted by Crippen LogP contribution is 2.34. The Morgan fingerprint density at radius 1 is 1.00 bits per heavy atom. The molecule has 0 amide bonds. The summed E-state index contributed by atoms with van der Waals surface area (Å²) in [6.45, 7) is 0.411. The molecule has 0 radical (unpaired) electrons. The number of aromatic nitrogens is 3. The molecule has 0 aliphatic rings. The Kier molecular flexibility index (Phi) is 4.33. The summed E-state index contributed by atoms with van der Waals surface area (Å²) in [6, 6.07) is 19.6. The molecule has 26 heavy (non-hydrogen) atoms. The predicted molar refractivity (Wildman–Crippen MR) is 104 cm³/mol. The summed E-state index contributed by atoms with van der Waals surface area (Å²) in [6.07, 6.45) is 0. The van der Waals surface area contributed by atoms with Crippen LogP contribution in [0.2, 0.25) is 5.02 Å². The molecule has 0 saturated carbocycles. The van der Waals surface area contributed by atoms with E-state index >= 15 is 0 Å². The number of hydrogen-bond donors (Lipinski definition) is 3. The van der Waals surface area contributed by atoms with Gasteiger partial charge in [0.15, 0.2) is 0 Å². The van der Waals surface area contributed by atoms with Gasteiger partial charge in [-0.15, -0.1) is 5.10 Å². The molecule has 4 rings (SSSR count). The number of rotatable bonds is 5. The minimum Gasteiger partial charge on any atom is -0.456 e. The minimum absolute atomic E-state index is 0.180. The predicted octanol–water partition coefficient (Wildman–Crippen LogP) is 4.60. The quantitative estimate of drug-likeness (QED) is 0.481. The van der Waals surface area contributed by atoms with Gasteiger partial charge in [0.05, 0.1) is 0 Å². The fourth-order valence-electron chi connectivity index (χ4n) is 2.74. The first-order valence-corrected chi connectivity index (χ1v) is 8.43. The molecule has 1 heterocycles. The fourth-order valence-corrected chi connectivity index (χ4v) is 2.97. The third-order valence-corrected chi connectivity index (χ3v) is 4.33. The van der Waals surface area contributed by atoms with E-state index in [0.717, 1.165) is 22.1 Å². The number of hydrogen-bond acceptors (Lipinski definition) is 5. The van der Waals surface area contributed by atoms with Crippen LogP contribution in [0.1, 0.15) is 5.56 Å². The van der Waals surface area contributed by atoms with E-state index in [0.29, 0.717) is 23.3 Å². The van der Waals surface area contributed by atoms with Gasteiger partial charge in [-0.1, -0.05) is 54.1 Å². The number of ether oxygens (including phenoxy) is 1. The van der Waals surface area contributed by atoms with Crippen molar-refractivity contribution < 1.29 is 4.74 Å². The second-order valence-electron chi connectivity index (χ2n) is 5.69. The van der Waals surface area contributed by atoms with Crippen molar-refractivity contribution in [3.05, 3.63) is 71.2 Å². The molecule has 7 heteroatoms. The number of H-pyrrole nitrogens is 1. The van der Waals surface area contributed by atoms with Crippen molar-refractivity contribution >= 4 is 34.3 Å². The average Bonchev–Trinajstić information content (AvgIpc) is 3.07. The lowest BCUT2D eigenvalue weighted by molar-refractivity contribution is 0.482. The zero-order valence-corrected chi connectivity index (χ0v) is 14.5. The van der Waals surface area contributed by atoms with E-state index in [4.69, 9.17) is 22.1 Å². The molecule has 0 saturated heterocycles. The van der Waals surface area contributed by atoms with Gasteiger partial charge >= 0.3 is 0 Å². The maximum atomic E-state index is 6.39. The number of nitrogens with zero attached hydrogens (tertiary/aromatic N) is 2. The Balaban J connectivity index is 1.65. The summed E-state index contributed by atoms with van der Waals surface area (Å²) in [7, 11) is 0. The van der Waals surface area contributed by atoms with Crippen molar-refractivity contribution in [3.63, 3.8) is 0 Å². The van der Waals surface area contributed by atoms with Gasteiger partial charge in [-0.2, -0.15) is 4.98 Å². The van der Waals surface area contributed by atoms with Crippen LogP contribution in [0.5, 0.6) is 11.5 Å². The van der Waals surface area contributed by atoms with Gasteiger partial charge in [0.25, 0.3) is 0 Å². The van der Waals surface area contributed by atoms with Crippen molar-refractivity contribution in [2.24, 2.45) is 0 Å². The Hall–Kier alpha value is -3.25. The van der Waals surface area contributed by atoms with Crippen LogP contribution < -0.4 is 15.8 Å². The van der Waals surface area contributed by atoms with Crippen LogP contribution >= 0.6 is 11.6 Å². The summed E-state index contributed by atoms with van der Waals surface area (Å²) >= 11 is 6.39. The Bertz CT molecular complexity index is 1060. The number of nitrogens with one attached hydrogen (secondary N) is 2. The van der Waals surface area contributed by atoms with Crippen LogP contribution in [-0.4, -0.2) is 15.2 Å². The van der Waals surface area contributed by atoms with Gasteiger partial charge in [0, 0.05) is 22.5 Å². The summed E-state index contributed by atoms with van der Waals surface area (Å²) in [5, 5.41) is 12.4. The van der Waals surface area contributed by atoms with Crippen LogP contribution in [-0.2, 0) is 6.54 Å². The van der Waals surface area contributed by atoms with Crippen LogP contribution in [0.3, 0.4) is 0 Å². The third-order valence-electron chi connectivity index (χ3n) is 3.98. The molecule has 4 aromatic rings. The van der Waals surface area contributed by atoms with Gasteiger partial charge in [-0.05, 0) is 23.6 Å². The molecule has 0 unspecified atom stereocenters. The molecule has 0 aliphatic heterocycles. The van der Waals surface area contributed by atoms with E-state index in [1.807, 2.05) is 48.5 Å². The molecule has 0 spiro atoms. The monoisotopic (exact) mass is 365 g/mol. The molecule has 0 aliphatic carbocycles. The summed E-state index contributed by atoms with van der Waals surface area (Å²) in [5.74, 6) is 2.10. The van der Waals surface area contributed by atoms with E-state index in [1.165, 1.54) is 0 Å². The molecule has 0 atom stereocenters. The Labute approximate surface area is 155 Å². The molecule has 0 fully saturated rings. The number of anilines is 2. The first-order chi connectivity index (χ1) is 12.7. The smallest absolute Gasteiger partial charge is 0.241 e. The SMILES string of the molecule is Nc1n[nH]c(NCc2c(Cl)cccc2Oc2cccc3ccccc23)n1. The van der Waals surface area contributed by atoms with Crippen molar-refractivity contribution in [2.75, 3.05) is 11.1 Å². The van der Waals surface area contributed by atoms with Gasteiger partial charge < -0.3 is 15.8 Å². The second kappa shape index (κ2) is 6.93. The second-order valence-corrected chi connectivity index (χ2v) is 6.10. The maximum Gasteiger partial charge on any atom is 0.241 e.